The summed E-state index contributed by atoms with van der Waals surface area (Å²) in [5, 5.41) is 26.3. The van der Waals surface area contributed by atoms with Crippen LogP contribution in [-0.2, 0) is 26.2 Å². The molecule has 4 amide bonds. The van der Waals surface area contributed by atoms with Crippen molar-refractivity contribution in [1.82, 2.24) is 25.8 Å². The van der Waals surface area contributed by atoms with Gasteiger partial charge in [-0.05, 0) is 69.1 Å². The second-order valence-corrected chi connectivity index (χ2v) is 13.6. The maximum absolute atomic E-state index is 13.9. The first kappa shape index (κ1) is 34.1. The summed E-state index contributed by atoms with van der Waals surface area (Å²) in [6.45, 7) is 4.29. The third-order valence-electron chi connectivity index (χ3n) is 10.1. The smallest absolute Gasteiger partial charge is 0.335 e. The van der Waals surface area contributed by atoms with Gasteiger partial charge < -0.3 is 21.1 Å². The van der Waals surface area contributed by atoms with Gasteiger partial charge in [-0.25, -0.2) is 10.2 Å². The van der Waals surface area contributed by atoms with Gasteiger partial charge in [-0.1, -0.05) is 33.1 Å². The van der Waals surface area contributed by atoms with Crippen molar-refractivity contribution in [3.8, 4) is 0 Å². The van der Waals surface area contributed by atoms with Gasteiger partial charge in [0.15, 0.2) is 11.6 Å². The molecule has 248 valence electrons. The number of rotatable bonds is 14. The van der Waals surface area contributed by atoms with Crippen molar-refractivity contribution in [1.29, 1.82) is 0 Å². The predicted octanol–water partition coefficient (Wildman–Crippen LogP) is 3.90. The fourth-order valence-corrected chi connectivity index (χ4v) is 7.09. The minimum absolute atomic E-state index is 0.0162. The Morgan fingerprint density at radius 2 is 1.76 bits per heavy atom. The van der Waals surface area contributed by atoms with Crippen LogP contribution in [0.4, 0.5) is 10.6 Å². The molecule has 5 N–H and O–H groups in total. The Morgan fingerprint density at radius 1 is 1.07 bits per heavy atom. The van der Waals surface area contributed by atoms with E-state index in [0.717, 1.165) is 32.1 Å². The van der Waals surface area contributed by atoms with Crippen LogP contribution in [0.25, 0.3) is 0 Å². The lowest BCUT2D eigenvalue weighted by atomic mass is 9.61. The van der Waals surface area contributed by atoms with Crippen LogP contribution in [0, 0.1) is 22.7 Å². The van der Waals surface area contributed by atoms with Crippen LogP contribution >= 0.6 is 0 Å². The number of ketones is 1. The lowest BCUT2D eigenvalue weighted by Gasteiger charge is -2.42. The summed E-state index contributed by atoms with van der Waals surface area (Å²) >= 11 is 0. The number of amides is 4. The van der Waals surface area contributed by atoms with E-state index in [9.17, 15) is 29.1 Å². The minimum Gasteiger partial charge on any atom is -0.481 e. The zero-order chi connectivity index (χ0) is 32.6. The van der Waals surface area contributed by atoms with Gasteiger partial charge in [0.25, 0.3) is 5.91 Å². The van der Waals surface area contributed by atoms with Gasteiger partial charge >= 0.3 is 12.0 Å². The SMILES string of the molecule is CCC(=O)NC(CC1(C)CCCC1)C(=O)CC1(/C(=N/NC(=O)NCC2CCC(C(=O)O)CC2)C(=O)Nc2ccn(C)n2)CCC1. The van der Waals surface area contributed by atoms with Crippen molar-refractivity contribution in [3.63, 3.8) is 0 Å². The number of carbonyl (C=O) groups excluding carboxylic acids is 4. The van der Waals surface area contributed by atoms with Crippen LogP contribution in [0.3, 0.4) is 0 Å². The Hall–Kier alpha value is -3.77. The number of aryl methyl sites for hydroxylation is 1. The number of hydrazone groups is 1. The Bertz CT molecular complexity index is 1270. The Balaban J connectivity index is 1.49. The molecule has 13 nitrogen and oxygen atoms in total. The van der Waals surface area contributed by atoms with Crippen molar-refractivity contribution in [2.24, 2.45) is 34.8 Å². The van der Waals surface area contributed by atoms with E-state index < -0.39 is 29.4 Å². The van der Waals surface area contributed by atoms with Crippen LogP contribution in [0.5, 0.6) is 0 Å². The Kier molecular flexibility index (Phi) is 11.4. The highest BCUT2D eigenvalue weighted by molar-refractivity contribution is 6.45. The molecule has 3 fully saturated rings. The molecule has 0 bridgehead atoms. The zero-order valence-electron chi connectivity index (χ0n) is 26.8. The number of carboxylic acids is 1. The highest BCUT2D eigenvalue weighted by atomic mass is 16.4. The van der Waals surface area contributed by atoms with E-state index in [-0.39, 0.29) is 47.5 Å². The second kappa shape index (κ2) is 15.0. The summed E-state index contributed by atoms with van der Waals surface area (Å²) in [7, 11) is 1.73. The minimum atomic E-state index is -0.899. The Labute approximate surface area is 264 Å². The molecule has 0 aliphatic heterocycles. The van der Waals surface area contributed by atoms with E-state index in [1.807, 2.05) is 0 Å². The monoisotopic (exact) mass is 627 g/mol. The number of nitrogens with zero attached hydrogens (tertiary/aromatic N) is 3. The van der Waals surface area contributed by atoms with Gasteiger partial charge in [-0.15, -0.1) is 0 Å². The standard InChI is InChI=1S/C32H49N7O6/c1-4-26(41)34-23(18-31(2)13-5-6-14-31)24(40)19-32(15-7-16-32)27(28(42)35-25-12-17-39(3)38-25)36-37-30(45)33-20-21-8-10-22(11-9-21)29(43)44/h12,17,21-23H,4-11,13-16,18-20H2,1-3H3,(H,34,41)(H,43,44)(H2,33,37,45)(H,35,38,42)/b36-27+. The van der Waals surface area contributed by atoms with Gasteiger partial charge in [0.1, 0.15) is 5.71 Å². The summed E-state index contributed by atoms with van der Waals surface area (Å²) < 4.78 is 1.55. The van der Waals surface area contributed by atoms with Crippen LogP contribution in [0.2, 0.25) is 0 Å². The zero-order valence-corrected chi connectivity index (χ0v) is 26.8. The van der Waals surface area contributed by atoms with Gasteiger partial charge in [0.05, 0.1) is 12.0 Å². The molecule has 3 aliphatic carbocycles. The first-order chi connectivity index (χ1) is 21.4. The molecule has 4 rings (SSSR count). The molecule has 3 aliphatic rings. The molecule has 1 unspecified atom stereocenters. The summed E-state index contributed by atoms with van der Waals surface area (Å²) in [5.74, 6) is -1.50. The van der Waals surface area contributed by atoms with Gasteiger partial charge in [0, 0.05) is 44.1 Å². The summed E-state index contributed by atoms with van der Waals surface area (Å²) in [5.41, 5.74) is 1.60. The summed E-state index contributed by atoms with van der Waals surface area (Å²) in [6, 6.07) is 0.401. The highest BCUT2D eigenvalue weighted by Gasteiger charge is 2.48. The number of aliphatic carboxylic acids is 1. The predicted molar refractivity (Wildman–Crippen MR) is 168 cm³/mol. The number of carbonyl (C=O) groups is 5. The first-order valence-corrected chi connectivity index (χ1v) is 16.4. The average Bonchev–Trinajstić information content (AvgIpc) is 3.61. The third kappa shape index (κ3) is 9.13. The van der Waals surface area contributed by atoms with Crippen LogP contribution in [0.15, 0.2) is 17.4 Å². The van der Waals surface area contributed by atoms with Gasteiger partial charge in [-0.3, -0.25) is 23.9 Å². The average molecular weight is 628 g/mol. The lowest BCUT2D eigenvalue weighted by Crippen LogP contribution is -2.51. The molecule has 0 spiro atoms. The highest BCUT2D eigenvalue weighted by Crippen LogP contribution is 2.47. The molecule has 13 heteroatoms. The second-order valence-electron chi connectivity index (χ2n) is 13.6. The number of hydrogen-bond acceptors (Lipinski definition) is 7. The van der Waals surface area contributed by atoms with Crippen molar-refractivity contribution in [3.05, 3.63) is 12.3 Å². The molecule has 3 saturated carbocycles. The molecule has 1 atom stereocenters. The van der Waals surface area contributed by atoms with Crippen LogP contribution < -0.4 is 21.4 Å². The Morgan fingerprint density at radius 3 is 2.31 bits per heavy atom. The number of urea groups is 1. The number of nitrogens with one attached hydrogen (secondary N) is 4. The fraction of sp³-hybridized carbons (Fsp3) is 0.719. The molecule has 1 aromatic heterocycles. The number of carboxylic acid groups (broad SMARTS) is 1. The molecule has 0 saturated heterocycles. The largest absolute Gasteiger partial charge is 0.481 e. The summed E-state index contributed by atoms with van der Waals surface area (Å²) in [6.07, 6.45) is 11.2. The number of Topliss-reactive ketones (excluding diaryl/α,β-unsaturated/α-hetero) is 1. The van der Waals surface area contributed by atoms with Gasteiger partial charge in [-0.2, -0.15) is 10.2 Å². The molecule has 0 radical (unpaired) electrons. The molecule has 1 aromatic rings. The molecule has 0 aromatic carbocycles. The molecular formula is C32H49N7O6. The molecule has 1 heterocycles. The van der Waals surface area contributed by atoms with Crippen LogP contribution in [0.1, 0.15) is 104 Å². The van der Waals surface area contributed by atoms with Crippen molar-refractivity contribution < 1.29 is 29.1 Å². The topological polar surface area (TPSA) is 184 Å². The van der Waals surface area contributed by atoms with E-state index in [0.29, 0.717) is 57.3 Å². The fourth-order valence-electron chi connectivity index (χ4n) is 7.09. The molecule has 45 heavy (non-hydrogen) atoms. The third-order valence-corrected chi connectivity index (χ3v) is 10.1. The van der Waals surface area contributed by atoms with E-state index in [1.165, 1.54) is 0 Å². The first-order valence-electron chi connectivity index (χ1n) is 16.4. The normalized spacial score (nSPS) is 22.9. The van der Waals surface area contributed by atoms with Crippen molar-refractivity contribution in [2.45, 2.75) is 110 Å². The van der Waals surface area contributed by atoms with Crippen LogP contribution in [-0.4, -0.2) is 62.8 Å². The summed E-state index contributed by atoms with van der Waals surface area (Å²) in [4.78, 5) is 64.1. The van der Waals surface area contributed by atoms with Crippen molar-refractivity contribution >= 4 is 41.1 Å². The number of anilines is 1. The van der Waals surface area contributed by atoms with E-state index in [4.69, 9.17) is 0 Å². The van der Waals surface area contributed by atoms with Gasteiger partial charge in [0.2, 0.25) is 5.91 Å². The van der Waals surface area contributed by atoms with E-state index >= 15 is 0 Å². The number of hydrogen-bond donors (Lipinski definition) is 5. The van der Waals surface area contributed by atoms with E-state index in [1.54, 1.807) is 30.9 Å². The molecular weight excluding hydrogens is 578 g/mol. The maximum atomic E-state index is 13.9. The lowest BCUT2D eigenvalue weighted by molar-refractivity contribution is -0.143. The van der Waals surface area contributed by atoms with E-state index in [2.05, 4.69) is 38.5 Å². The maximum Gasteiger partial charge on any atom is 0.335 e. The quantitative estimate of drug-likeness (QED) is 0.153. The van der Waals surface area contributed by atoms with Crippen molar-refractivity contribution in [2.75, 3.05) is 11.9 Å². The number of aromatic nitrogens is 2.